The van der Waals surface area contributed by atoms with E-state index in [-0.39, 0.29) is 30.2 Å². The van der Waals surface area contributed by atoms with Crippen LogP contribution in [0.4, 0.5) is 14.9 Å². The summed E-state index contributed by atoms with van der Waals surface area (Å²) in [7, 11) is 1.58. The molecule has 1 unspecified atom stereocenters. The van der Waals surface area contributed by atoms with Gasteiger partial charge in [-0.2, -0.15) is 0 Å². The fraction of sp³-hybridized carbons (Fsp3) is 0.395. The summed E-state index contributed by atoms with van der Waals surface area (Å²) in [6.07, 6.45) is 5.98. The molecule has 1 amide bonds. The SMILES string of the molecule is COc1ccc(C(Cc2c(Cl)c[nH+]cc2Cl)OC(=O)c2ccc(CN(C(=O)O[C@H]3CN4CCC3CC4)c3ccccc3F)s2)cc1OCC1CC1.[OH-]. The zero-order valence-corrected chi connectivity index (χ0v) is 30.9. The summed E-state index contributed by atoms with van der Waals surface area (Å²) in [6.45, 7) is 3.27. The number of carbonyl (C=O) groups excluding carboxylic acids is 2. The van der Waals surface area contributed by atoms with Crippen molar-refractivity contribution < 1.29 is 43.4 Å². The largest absolute Gasteiger partial charge is 0.870 e. The van der Waals surface area contributed by atoms with E-state index >= 15 is 4.39 Å². The Hall–Kier alpha value is -3.94. The van der Waals surface area contributed by atoms with E-state index in [0.29, 0.717) is 67.4 Å². The van der Waals surface area contributed by atoms with Crippen LogP contribution in [0, 0.1) is 17.7 Å². The van der Waals surface area contributed by atoms with Crippen LogP contribution in [0.25, 0.3) is 0 Å². The molecule has 4 aliphatic rings. The van der Waals surface area contributed by atoms with E-state index in [1.807, 2.05) is 12.1 Å². The maximum atomic E-state index is 15.1. The Labute approximate surface area is 315 Å². The first-order chi connectivity index (χ1) is 24.7. The fourth-order valence-electron chi connectivity index (χ4n) is 6.65. The molecule has 3 aliphatic heterocycles. The Morgan fingerprint density at radius 2 is 1.77 bits per heavy atom. The zero-order valence-electron chi connectivity index (χ0n) is 28.6. The molecule has 2 bridgehead atoms. The number of H-pyrrole nitrogens is 1. The van der Waals surface area contributed by atoms with Crippen LogP contribution >= 0.6 is 34.5 Å². The molecule has 0 spiro atoms. The van der Waals surface area contributed by atoms with Gasteiger partial charge in [-0.3, -0.25) is 9.80 Å². The van der Waals surface area contributed by atoms with Gasteiger partial charge in [-0.15, -0.1) is 11.3 Å². The normalized spacial score (nSPS) is 19.7. The fourth-order valence-corrected chi connectivity index (χ4v) is 8.07. The van der Waals surface area contributed by atoms with Crippen molar-refractivity contribution in [2.24, 2.45) is 11.8 Å². The van der Waals surface area contributed by atoms with Gasteiger partial charge in [-0.05, 0) is 92.6 Å². The second-order valence-corrected chi connectivity index (χ2v) is 15.2. The molecule has 1 saturated carbocycles. The standard InChI is InChI=1S/C38H38Cl2FN3O6S.H2O/c1-47-32-10-8-25(16-34(32)48-22-23-6-7-23)33(17-27-28(39)18-42-19-29(27)40)49-37(45)36-11-9-26(51-36)20-44(31-5-3-2-4-30(31)41)38(46)50-35-21-43-14-12-24(35)13-15-43;/h2-5,8-11,16,18-19,23-24,33,35H,6-7,12-15,17,20-22H2,1H3;1H2/t33?,35-;/m0./s1. The number of nitrogens with one attached hydrogen (secondary N) is 1. The number of nitrogens with zero attached hydrogens (tertiary/aromatic N) is 2. The lowest BCUT2D eigenvalue weighted by molar-refractivity contribution is -0.377. The number of esters is 1. The van der Waals surface area contributed by atoms with E-state index in [2.05, 4.69) is 9.88 Å². The summed E-state index contributed by atoms with van der Waals surface area (Å²) >= 11 is 14.2. The van der Waals surface area contributed by atoms with Crippen LogP contribution in [0.2, 0.25) is 10.0 Å². The number of fused-ring (bicyclic) bond motifs is 3. The van der Waals surface area contributed by atoms with Crippen LogP contribution < -0.4 is 19.4 Å². The topological polar surface area (TPSA) is 122 Å². The number of ether oxygens (including phenoxy) is 4. The predicted molar refractivity (Wildman–Crippen MR) is 194 cm³/mol. The molecule has 8 rings (SSSR count). The van der Waals surface area contributed by atoms with Crippen molar-refractivity contribution in [2.75, 3.05) is 38.3 Å². The third kappa shape index (κ3) is 8.80. The minimum absolute atomic E-state index is 0. The first-order valence-electron chi connectivity index (χ1n) is 17.1. The van der Waals surface area contributed by atoms with Gasteiger partial charge in [-0.1, -0.05) is 41.4 Å². The van der Waals surface area contributed by atoms with E-state index in [0.717, 1.165) is 38.8 Å². The van der Waals surface area contributed by atoms with Gasteiger partial charge in [0.25, 0.3) is 0 Å². The molecule has 14 heteroatoms. The smallest absolute Gasteiger partial charge is 0.415 e. The third-order valence-electron chi connectivity index (χ3n) is 9.76. The van der Waals surface area contributed by atoms with Gasteiger partial charge >= 0.3 is 12.1 Å². The molecular formula is C38H40Cl2FN3O7S. The van der Waals surface area contributed by atoms with Crippen molar-refractivity contribution in [3.05, 3.63) is 104 Å². The van der Waals surface area contributed by atoms with Gasteiger partial charge in [0.05, 0.1) is 25.9 Å². The Bertz CT molecular complexity index is 1860. The van der Waals surface area contributed by atoms with Gasteiger partial charge in [-0.25, -0.2) is 19.0 Å². The van der Waals surface area contributed by atoms with Crippen LogP contribution in [0.15, 0.2) is 67.0 Å². The number of pyridine rings is 1. The lowest BCUT2D eigenvalue weighted by Gasteiger charge is -2.44. The molecule has 3 saturated heterocycles. The van der Waals surface area contributed by atoms with Gasteiger partial charge in [0, 0.05) is 23.4 Å². The number of amides is 1. The zero-order chi connectivity index (χ0) is 35.5. The lowest BCUT2D eigenvalue weighted by atomic mass is 9.86. The monoisotopic (exact) mass is 771 g/mol. The molecule has 52 heavy (non-hydrogen) atoms. The van der Waals surface area contributed by atoms with Crippen molar-refractivity contribution in [1.82, 2.24) is 4.90 Å². The summed E-state index contributed by atoms with van der Waals surface area (Å²) < 4.78 is 38.9. The number of benzene rings is 2. The maximum absolute atomic E-state index is 15.1. The Balaban J connectivity index is 0.00000464. The van der Waals surface area contributed by atoms with Crippen molar-refractivity contribution in [3.63, 3.8) is 0 Å². The number of aromatic nitrogens is 1. The van der Waals surface area contributed by atoms with Gasteiger partial charge in [0.15, 0.2) is 23.9 Å². The van der Waals surface area contributed by atoms with Crippen molar-refractivity contribution in [2.45, 2.75) is 50.9 Å². The van der Waals surface area contributed by atoms with E-state index in [1.54, 1.807) is 55.9 Å². The minimum Gasteiger partial charge on any atom is -0.870 e. The van der Waals surface area contributed by atoms with E-state index < -0.39 is 24.0 Å². The van der Waals surface area contributed by atoms with Crippen LogP contribution in [0.1, 0.15) is 57.5 Å². The highest BCUT2D eigenvalue weighted by Crippen LogP contribution is 2.38. The molecule has 0 radical (unpaired) electrons. The molecule has 2 aromatic heterocycles. The van der Waals surface area contributed by atoms with Gasteiger partial charge in [0.1, 0.15) is 32.9 Å². The van der Waals surface area contributed by atoms with Crippen LogP contribution in [-0.4, -0.2) is 61.9 Å². The second kappa shape index (κ2) is 16.8. The molecule has 2 aromatic carbocycles. The average molecular weight is 773 g/mol. The molecule has 4 fully saturated rings. The summed E-state index contributed by atoms with van der Waals surface area (Å²) in [4.78, 5) is 34.9. The number of aromatic amines is 1. The number of methoxy groups -OCH3 is 1. The number of halogens is 3. The molecular weight excluding hydrogens is 732 g/mol. The molecule has 4 aromatic rings. The number of thiophene rings is 1. The highest BCUT2D eigenvalue weighted by Gasteiger charge is 2.38. The summed E-state index contributed by atoms with van der Waals surface area (Å²) in [6, 6.07) is 14.9. The Morgan fingerprint density at radius 1 is 1.02 bits per heavy atom. The highest BCUT2D eigenvalue weighted by molar-refractivity contribution is 7.14. The number of hydrogen-bond acceptors (Lipinski definition) is 9. The number of piperidine rings is 3. The highest BCUT2D eigenvalue weighted by atomic mass is 35.5. The molecule has 1 aliphatic carbocycles. The van der Waals surface area contributed by atoms with Gasteiger partial charge < -0.3 is 24.4 Å². The first-order valence-corrected chi connectivity index (χ1v) is 18.7. The van der Waals surface area contributed by atoms with Crippen LogP contribution in [0.3, 0.4) is 0 Å². The van der Waals surface area contributed by atoms with Crippen molar-refractivity contribution in [3.8, 4) is 11.5 Å². The van der Waals surface area contributed by atoms with Crippen molar-refractivity contribution in [1.29, 1.82) is 0 Å². The Kier molecular flexibility index (Phi) is 12.2. The number of anilines is 1. The molecule has 10 nitrogen and oxygen atoms in total. The van der Waals surface area contributed by atoms with Crippen LogP contribution in [0.5, 0.6) is 11.5 Å². The van der Waals surface area contributed by atoms with Gasteiger partial charge in [0.2, 0.25) is 0 Å². The quantitative estimate of drug-likeness (QED) is 0.125. The molecule has 5 heterocycles. The number of hydrogen-bond donors (Lipinski definition) is 0. The van der Waals surface area contributed by atoms with E-state index in [4.69, 9.17) is 42.1 Å². The second-order valence-electron chi connectivity index (χ2n) is 13.3. The third-order valence-corrected chi connectivity index (χ3v) is 11.5. The maximum Gasteiger partial charge on any atom is 0.415 e. The van der Waals surface area contributed by atoms with E-state index in [1.165, 1.54) is 22.3 Å². The lowest BCUT2D eigenvalue weighted by Crippen LogP contribution is -2.53. The van der Waals surface area contributed by atoms with E-state index in [9.17, 15) is 9.59 Å². The Morgan fingerprint density at radius 3 is 2.44 bits per heavy atom. The number of rotatable bonds is 13. The minimum atomic E-state index is -0.791. The van der Waals surface area contributed by atoms with Crippen LogP contribution in [-0.2, 0) is 22.4 Å². The summed E-state index contributed by atoms with van der Waals surface area (Å²) in [5.74, 6) is 0.827. The number of carbonyl (C=O) groups is 2. The molecule has 2 atom stereocenters. The molecule has 2 N–H and O–H groups in total. The first kappa shape index (κ1) is 37.8. The average Bonchev–Trinajstić information content (AvgIpc) is 3.86. The predicted octanol–water partition coefficient (Wildman–Crippen LogP) is 8.01. The summed E-state index contributed by atoms with van der Waals surface area (Å²) in [5, 5.41) is 0.804. The van der Waals surface area contributed by atoms with Crippen molar-refractivity contribution >= 4 is 52.3 Å². The number of para-hydroxylation sites is 1. The summed E-state index contributed by atoms with van der Waals surface area (Å²) in [5.41, 5.74) is 1.39. The molecule has 276 valence electrons.